The second kappa shape index (κ2) is 10.5. The molecule has 1 unspecified atom stereocenters. The lowest BCUT2D eigenvalue weighted by atomic mass is 9.89. The van der Waals surface area contributed by atoms with E-state index in [9.17, 15) is 24.0 Å². The van der Waals surface area contributed by atoms with E-state index in [-0.39, 0.29) is 24.3 Å². The third kappa shape index (κ3) is 6.05. The molecule has 1 N–H and O–H groups in total. The van der Waals surface area contributed by atoms with Gasteiger partial charge in [0.1, 0.15) is 29.9 Å². The molecule has 0 aliphatic carbocycles. The Labute approximate surface area is 201 Å². The van der Waals surface area contributed by atoms with Gasteiger partial charge in [0.05, 0.1) is 18.1 Å². The first kappa shape index (κ1) is 24.8. The first-order chi connectivity index (χ1) is 16.7. The molecule has 1 aliphatic rings. The molecular formula is C24H28F2N6O3. The summed E-state index contributed by atoms with van der Waals surface area (Å²) in [5.74, 6) is -1.20. The number of hydrogen-bond acceptors (Lipinski definition) is 7. The number of nitrogens with zero attached hydrogens (tertiary/aromatic N) is 6. The zero-order valence-corrected chi connectivity index (χ0v) is 19.4. The Morgan fingerprint density at radius 1 is 1.20 bits per heavy atom. The van der Waals surface area contributed by atoms with Gasteiger partial charge in [-0.2, -0.15) is 5.10 Å². The van der Waals surface area contributed by atoms with Gasteiger partial charge in [-0.1, -0.05) is 18.2 Å². The first-order valence-electron chi connectivity index (χ1n) is 11.4. The van der Waals surface area contributed by atoms with Crippen LogP contribution in [0.3, 0.4) is 0 Å². The average molecular weight is 487 g/mol. The van der Waals surface area contributed by atoms with Crippen LogP contribution >= 0.6 is 0 Å². The van der Waals surface area contributed by atoms with Crippen LogP contribution in [0.2, 0.25) is 0 Å². The maximum Gasteiger partial charge on any atom is 0.269 e. The van der Waals surface area contributed by atoms with Crippen LogP contribution in [0.5, 0.6) is 0 Å². The first-order valence-corrected chi connectivity index (χ1v) is 11.4. The summed E-state index contributed by atoms with van der Waals surface area (Å²) in [7, 11) is 1.84. The van der Waals surface area contributed by atoms with Crippen LogP contribution in [0.4, 0.5) is 14.5 Å². The van der Waals surface area contributed by atoms with Gasteiger partial charge < -0.3 is 5.11 Å². The van der Waals surface area contributed by atoms with Crippen LogP contribution in [-0.4, -0.2) is 67.9 Å². The normalized spacial score (nSPS) is 16.9. The lowest BCUT2D eigenvalue weighted by Gasteiger charge is -2.38. The smallest absolute Gasteiger partial charge is 0.269 e. The lowest BCUT2D eigenvalue weighted by molar-refractivity contribution is -0.384. The Bertz CT molecular complexity index is 1140. The van der Waals surface area contributed by atoms with Crippen molar-refractivity contribution in [3.05, 3.63) is 88.0 Å². The SMILES string of the molecule is CN(CN1CCC(c2ccc([N+](=O)[O-])cc2)CC1)CC(O)(Cn1cncn1)c1ccc(F)cc1F. The molecule has 4 rings (SSSR count). The zero-order valence-electron chi connectivity index (χ0n) is 19.4. The summed E-state index contributed by atoms with van der Waals surface area (Å²) in [4.78, 5) is 18.5. The molecule has 186 valence electrons. The average Bonchev–Trinajstić information content (AvgIpc) is 3.32. The van der Waals surface area contributed by atoms with Gasteiger partial charge in [0.15, 0.2) is 0 Å². The molecule has 1 fully saturated rings. The Balaban J connectivity index is 1.39. The van der Waals surface area contributed by atoms with Crippen molar-refractivity contribution in [3.63, 3.8) is 0 Å². The van der Waals surface area contributed by atoms with Crippen molar-refractivity contribution in [2.45, 2.75) is 30.9 Å². The molecule has 0 spiro atoms. The van der Waals surface area contributed by atoms with E-state index in [0.29, 0.717) is 12.6 Å². The summed E-state index contributed by atoms with van der Waals surface area (Å²) < 4.78 is 29.6. The highest BCUT2D eigenvalue weighted by atomic mass is 19.1. The molecule has 9 nitrogen and oxygen atoms in total. The summed E-state index contributed by atoms with van der Waals surface area (Å²) in [6.45, 7) is 2.24. The Morgan fingerprint density at radius 2 is 1.91 bits per heavy atom. The Hall–Kier alpha value is -3.28. The molecule has 11 heteroatoms. The van der Waals surface area contributed by atoms with Gasteiger partial charge in [0.2, 0.25) is 0 Å². The van der Waals surface area contributed by atoms with Crippen molar-refractivity contribution in [2.24, 2.45) is 0 Å². The van der Waals surface area contributed by atoms with Crippen molar-refractivity contribution >= 4 is 5.69 Å². The fourth-order valence-electron chi connectivity index (χ4n) is 4.78. The van der Waals surface area contributed by atoms with Gasteiger partial charge in [0, 0.05) is 30.3 Å². The number of non-ortho nitro benzene ring substituents is 1. The number of piperidine rings is 1. The molecule has 35 heavy (non-hydrogen) atoms. The highest BCUT2D eigenvalue weighted by Crippen LogP contribution is 2.30. The topological polar surface area (TPSA) is 101 Å². The molecule has 1 aliphatic heterocycles. The maximum atomic E-state index is 14.6. The van der Waals surface area contributed by atoms with Gasteiger partial charge in [-0.15, -0.1) is 0 Å². The van der Waals surface area contributed by atoms with E-state index in [1.165, 1.54) is 23.4 Å². The monoisotopic (exact) mass is 486 g/mol. The van der Waals surface area contributed by atoms with E-state index in [0.717, 1.165) is 43.6 Å². The number of aromatic nitrogens is 3. The number of likely N-dealkylation sites (N-methyl/N-ethyl adjacent to an activating group) is 1. The predicted octanol–water partition coefficient (Wildman–Crippen LogP) is 3.12. The number of halogens is 2. The largest absolute Gasteiger partial charge is 0.382 e. The number of nitro groups is 1. The number of benzene rings is 2. The zero-order chi connectivity index (χ0) is 25.0. The standard InChI is InChI=1S/C24H28F2N6O3/c1-29(17-30-10-8-19(9-11-30)18-2-5-21(6-3-18)32(34)35)13-24(33,14-31-16-27-15-28-31)22-7-4-20(25)12-23(22)26/h2-7,12,15-16,19,33H,8-11,13-14,17H2,1H3. The highest BCUT2D eigenvalue weighted by molar-refractivity contribution is 5.34. The number of likely N-dealkylation sites (tertiary alicyclic amines) is 1. The Morgan fingerprint density at radius 3 is 2.51 bits per heavy atom. The number of nitro benzene ring substituents is 1. The summed E-state index contributed by atoms with van der Waals surface area (Å²) in [6, 6.07) is 9.90. The van der Waals surface area contributed by atoms with Crippen LogP contribution in [0.15, 0.2) is 55.1 Å². The number of hydrogen-bond donors (Lipinski definition) is 1. The van der Waals surface area contributed by atoms with Crippen LogP contribution in [0, 0.1) is 21.7 Å². The molecule has 1 saturated heterocycles. The van der Waals surface area contributed by atoms with Crippen LogP contribution in [0.1, 0.15) is 29.9 Å². The quantitative estimate of drug-likeness (QED) is 0.366. The summed E-state index contributed by atoms with van der Waals surface area (Å²) in [5, 5.41) is 26.4. The molecule has 0 saturated carbocycles. The van der Waals surface area contributed by atoms with E-state index in [1.54, 1.807) is 12.1 Å². The fourth-order valence-corrected chi connectivity index (χ4v) is 4.78. The minimum atomic E-state index is -1.66. The van der Waals surface area contributed by atoms with Crippen LogP contribution in [0.25, 0.3) is 0 Å². The third-order valence-electron chi connectivity index (χ3n) is 6.46. The summed E-state index contributed by atoms with van der Waals surface area (Å²) in [5.41, 5.74) is -0.475. The van der Waals surface area contributed by atoms with Gasteiger partial charge in [-0.3, -0.25) is 19.9 Å². The minimum absolute atomic E-state index is 0.00173. The molecule has 0 radical (unpaired) electrons. The molecule has 0 amide bonds. The molecule has 3 aromatic rings. The van der Waals surface area contributed by atoms with Crippen LogP contribution < -0.4 is 0 Å². The van der Waals surface area contributed by atoms with Gasteiger partial charge in [-0.05, 0) is 50.5 Å². The molecular weight excluding hydrogens is 458 g/mol. The molecule has 2 heterocycles. The minimum Gasteiger partial charge on any atom is -0.382 e. The van der Waals surface area contributed by atoms with E-state index in [2.05, 4.69) is 15.0 Å². The third-order valence-corrected chi connectivity index (χ3v) is 6.46. The van der Waals surface area contributed by atoms with Crippen molar-refractivity contribution < 1.29 is 18.8 Å². The number of aliphatic hydroxyl groups is 1. The Kier molecular flexibility index (Phi) is 7.48. The van der Waals surface area contributed by atoms with Crippen molar-refractivity contribution in [1.29, 1.82) is 0 Å². The second-order valence-corrected chi connectivity index (χ2v) is 9.15. The van der Waals surface area contributed by atoms with Gasteiger partial charge >= 0.3 is 0 Å². The second-order valence-electron chi connectivity index (χ2n) is 9.15. The van der Waals surface area contributed by atoms with E-state index in [4.69, 9.17) is 0 Å². The molecule has 0 bridgehead atoms. The van der Waals surface area contributed by atoms with E-state index >= 15 is 0 Å². The van der Waals surface area contributed by atoms with Crippen molar-refractivity contribution in [1.82, 2.24) is 24.6 Å². The van der Waals surface area contributed by atoms with Crippen molar-refractivity contribution in [3.8, 4) is 0 Å². The molecule has 1 aromatic heterocycles. The fraction of sp³-hybridized carbons (Fsp3) is 0.417. The molecule has 2 aromatic carbocycles. The van der Waals surface area contributed by atoms with E-state index in [1.807, 2.05) is 24.1 Å². The number of rotatable bonds is 9. The lowest BCUT2D eigenvalue weighted by Crippen LogP contribution is -2.48. The summed E-state index contributed by atoms with van der Waals surface area (Å²) >= 11 is 0. The summed E-state index contributed by atoms with van der Waals surface area (Å²) in [6.07, 6.45) is 4.58. The highest BCUT2D eigenvalue weighted by Gasteiger charge is 2.35. The van der Waals surface area contributed by atoms with Crippen LogP contribution in [-0.2, 0) is 12.1 Å². The molecule has 1 atom stereocenters. The van der Waals surface area contributed by atoms with Gasteiger partial charge in [0.25, 0.3) is 5.69 Å². The predicted molar refractivity (Wildman–Crippen MR) is 124 cm³/mol. The maximum absolute atomic E-state index is 14.6. The van der Waals surface area contributed by atoms with E-state index < -0.39 is 22.2 Å². The van der Waals surface area contributed by atoms with Gasteiger partial charge in [-0.25, -0.2) is 18.4 Å². The van der Waals surface area contributed by atoms with Crippen molar-refractivity contribution in [2.75, 3.05) is 33.4 Å².